The Kier molecular flexibility index (Phi) is 6.36. The van der Waals surface area contributed by atoms with E-state index >= 15 is 0 Å². The lowest BCUT2D eigenvalue weighted by atomic mass is 9.98. The van der Waals surface area contributed by atoms with Gasteiger partial charge in [-0.3, -0.25) is 0 Å². The molecule has 0 spiro atoms. The first-order valence-corrected chi connectivity index (χ1v) is 9.23. The fraction of sp³-hybridized carbons (Fsp3) is 0.571. The third-order valence-electron chi connectivity index (χ3n) is 3.14. The van der Waals surface area contributed by atoms with Crippen LogP contribution in [0.2, 0.25) is 0 Å². The van der Waals surface area contributed by atoms with E-state index in [4.69, 9.17) is 0 Å². The smallest absolute Gasteiger partial charge is 0.150 e. The van der Waals surface area contributed by atoms with Crippen molar-refractivity contribution in [1.82, 2.24) is 0 Å². The molecule has 1 rings (SSSR count). The molecule has 2 nitrogen and oxygen atoms in total. The first-order valence-electron chi connectivity index (χ1n) is 6.28. The zero-order chi connectivity index (χ0) is 13.6. The maximum Gasteiger partial charge on any atom is 0.150 e. The number of rotatable bonds is 7. The number of benzene rings is 1. The summed E-state index contributed by atoms with van der Waals surface area (Å²) < 4.78 is 23.0. The van der Waals surface area contributed by atoms with E-state index in [-0.39, 0.29) is 5.75 Å². The minimum absolute atomic E-state index is 0.243. The number of hydrogen-bond donors (Lipinski definition) is 0. The third-order valence-corrected chi connectivity index (χ3v) is 5.79. The van der Waals surface area contributed by atoms with Gasteiger partial charge in [-0.25, -0.2) is 8.42 Å². The zero-order valence-corrected chi connectivity index (χ0v) is 13.4. The summed E-state index contributed by atoms with van der Waals surface area (Å²) in [4.78, 5) is 0. The minimum atomic E-state index is -2.84. The Morgan fingerprint density at radius 1 is 1.22 bits per heavy atom. The van der Waals surface area contributed by atoms with Crippen LogP contribution in [-0.4, -0.2) is 25.3 Å². The van der Waals surface area contributed by atoms with Crippen LogP contribution in [0.4, 0.5) is 0 Å². The van der Waals surface area contributed by atoms with E-state index in [0.29, 0.717) is 11.7 Å². The van der Waals surface area contributed by atoms with Crippen molar-refractivity contribution in [2.75, 3.05) is 16.8 Å². The van der Waals surface area contributed by atoms with E-state index in [2.05, 4.69) is 47.1 Å². The van der Waals surface area contributed by atoms with Crippen LogP contribution in [-0.2, 0) is 16.3 Å². The Morgan fingerprint density at radius 3 is 2.33 bits per heavy atom. The lowest BCUT2D eigenvalue weighted by molar-refractivity contribution is 0.553. The van der Waals surface area contributed by atoms with Crippen molar-refractivity contribution in [3.05, 3.63) is 35.4 Å². The summed E-state index contributed by atoms with van der Waals surface area (Å²) in [6.45, 7) is 3.78. The van der Waals surface area contributed by atoms with Gasteiger partial charge in [-0.2, -0.15) is 0 Å². The number of sulfone groups is 1. The van der Waals surface area contributed by atoms with Gasteiger partial charge in [0, 0.05) is 11.1 Å². The summed E-state index contributed by atoms with van der Waals surface area (Å²) in [5.74, 6) is 0.923. The highest BCUT2D eigenvalue weighted by atomic mass is 79.9. The minimum Gasteiger partial charge on any atom is -0.229 e. The van der Waals surface area contributed by atoms with Crippen LogP contribution in [0.15, 0.2) is 24.3 Å². The molecule has 0 aliphatic rings. The standard InChI is InChI=1S/C14H21BrO2S/c1-3-18(16,17)9-8-14(11-15)10-13-6-4-12(2)5-7-13/h4-7,14H,3,8-11H2,1-2H3. The van der Waals surface area contributed by atoms with Crippen LogP contribution in [0.1, 0.15) is 24.5 Å². The topological polar surface area (TPSA) is 34.1 Å². The highest BCUT2D eigenvalue weighted by Crippen LogP contribution is 2.16. The fourth-order valence-corrected chi connectivity index (χ4v) is 3.32. The first kappa shape index (κ1) is 15.7. The molecule has 0 heterocycles. The second-order valence-corrected chi connectivity index (χ2v) is 7.86. The van der Waals surface area contributed by atoms with Crippen molar-refractivity contribution in [2.24, 2.45) is 5.92 Å². The fourth-order valence-electron chi connectivity index (χ4n) is 1.78. The second kappa shape index (κ2) is 7.29. The van der Waals surface area contributed by atoms with Gasteiger partial charge in [0.15, 0.2) is 0 Å². The lowest BCUT2D eigenvalue weighted by Crippen LogP contribution is -2.15. The summed E-state index contributed by atoms with van der Waals surface area (Å²) in [5, 5.41) is 0.847. The van der Waals surface area contributed by atoms with Gasteiger partial charge in [0.25, 0.3) is 0 Å². The van der Waals surface area contributed by atoms with E-state index in [9.17, 15) is 8.42 Å². The first-order chi connectivity index (χ1) is 8.46. The summed E-state index contributed by atoms with van der Waals surface area (Å²) >= 11 is 3.48. The molecule has 0 amide bonds. The predicted octanol–water partition coefficient (Wildman–Crippen LogP) is 3.37. The number of alkyl halides is 1. The average molecular weight is 333 g/mol. The van der Waals surface area contributed by atoms with Gasteiger partial charge in [-0.15, -0.1) is 0 Å². The molecule has 0 aromatic heterocycles. The molecule has 0 aliphatic heterocycles. The number of hydrogen-bond acceptors (Lipinski definition) is 2. The van der Waals surface area contributed by atoms with Gasteiger partial charge in [-0.1, -0.05) is 52.7 Å². The SMILES string of the molecule is CCS(=O)(=O)CCC(CBr)Cc1ccc(C)cc1. The Hall–Kier alpha value is -0.350. The quantitative estimate of drug-likeness (QED) is 0.717. The molecule has 1 aromatic carbocycles. The Labute approximate surface area is 119 Å². The van der Waals surface area contributed by atoms with Gasteiger partial charge in [-0.05, 0) is 31.2 Å². The van der Waals surface area contributed by atoms with Crippen LogP contribution >= 0.6 is 15.9 Å². The molecule has 102 valence electrons. The normalized spacial score (nSPS) is 13.5. The maximum atomic E-state index is 11.5. The van der Waals surface area contributed by atoms with Gasteiger partial charge >= 0.3 is 0 Å². The van der Waals surface area contributed by atoms with Crippen molar-refractivity contribution in [3.63, 3.8) is 0 Å². The van der Waals surface area contributed by atoms with Crippen LogP contribution < -0.4 is 0 Å². The second-order valence-electron chi connectivity index (χ2n) is 4.74. The van der Waals surface area contributed by atoms with Crippen LogP contribution in [0, 0.1) is 12.8 Å². The molecule has 4 heteroatoms. The van der Waals surface area contributed by atoms with Gasteiger partial charge in [0.05, 0.1) is 5.75 Å². The lowest BCUT2D eigenvalue weighted by Gasteiger charge is -2.14. The Morgan fingerprint density at radius 2 is 1.83 bits per heavy atom. The summed E-state index contributed by atoms with van der Waals surface area (Å²) in [7, 11) is -2.84. The molecular formula is C14H21BrO2S. The van der Waals surface area contributed by atoms with Crippen molar-refractivity contribution < 1.29 is 8.42 Å². The maximum absolute atomic E-state index is 11.5. The molecular weight excluding hydrogens is 312 g/mol. The van der Waals surface area contributed by atoms with Gasteiger partial charge in [0.2, 0.25) is 0 Å². The molecule has 0 saturated heterocycles. The van der Waals surface area contributed by atoms with E-state index < -0.39 is 9.84 Å². The highest BCUT2D eigenvalue weighted by molar-refractivity contribution is 9.09. The monoisotopic (exact) mass is 332 g/mol. The molecule has 0 fully saturated rings. The molecule has 0 bridgehead atoms. The third kappa shape index (κ3) is 5.53. The van der Waals surface area contributed by atoms with Gasteiger partial charge < -0.3 is 0 Å². The van der Waals surface area contributed by atoms with Crippen molar-refractivity contribution >= 4 is 25.8 Å². The van der Waals surface area contributed by atoms with Crippen molar-refractivity contribution in [3.8, 4) is 0 Å². The zero-order valence-electron chi connectivity index (χ0n) is 11.0. The van der Waals surface area contributed by atoms with E-state index in [1.807, 2.05) is 0 Å². The molecule has 1 unspecified atom stereocenters. The molecule has 1 atom stereocenters. The van der Waals surface area contributed by atoms with E-state index in [0.717, 1.165) is 18.2 Å². The predicted molar refractivity (Wildman–Crippen MR) is 81.1 cm³/mol. The molecule has 0 aliphatic carbocycles. The van der Waals surface area contributed by atoms with E-state index in [1.54, 1.807) is 6.92 Å². The highest BCUT2D eigenvalue weighted by Gasteiger charge is 2.14. The van der Waals surface area contributed by atoms with Crippen LogP contribution in [0.25, 0.3) is 0 Å². The van der Waals surface area contributed by atoms with Crippen molar-refractivity contribution in [1.29, 1.82) is 0 Å². The van der Waals surface area contributed by atoms with E-state index in [1.165, 1.54) is 11.1 Å². The summed E-state index contributed by atoms with van der Waals surface area (Å²) in [5.41, 5.74) is 2.53. The number of aryl methyl sites for hydroxylation is 1. The van der Waals surface area contributed by atoms with Crippen LogP contribution in [0.5, 0.6) is 0 Å². The summed E-state index contributed by atoms with van der Waals surface area (Å²) in [6.07, 6.45) is 1.67. The Balaban J connectivity index is 2.54. The average Bonchev–Trinajstić information content (AvgIpc) is 2.37. The summed E-state index contributed by atoms with van der Waals surface area (Å²) in [6, 6.07) is 8.45. The largest absolute Gasteiger partial charge is 0.229 e. The molecule has 1 aromatic rings. The van der Waals surface area contributed by atoms with Crippen LogP contribution in [0.3, 0.4) is 0 Å². The molecule has 0 radical (unpaired) electrons. The Bertz CT molecular complexity index is 451. The van der Waals surface area contributed by atoms with Gasteiger partial charge in [0.1, 0.15) is 9.84 Å². The molecule has 18 heavy (non-hydrogen) atoms. The van der Waals surface area contributed by atoms with Crippen molar-refractivity contribution in [2.45, 2.75) is 26.7 Å². The molecule has 0 N–H and O–H groups in total. The molecule has 0 saturated carbocycles. The number of halogens is 1.